The van der Waals surface area contributed by atoms with Gasteiger partial charge < -0.3 is 21.5 Å². The monoisotopic (exact) mass is 548 g/mol. The summed E-state index contributed by atoms with van der Waals surface area (Å²) >= 11 is 12.2. The van der Waals surface area contributed by atoms with Crippen molar-refractivity contribution in [1.82, 2.24) is 10.3 Å². The molecule has 1 fully saturated rings. The number of nitrogens with one attached hydrogen (secondary N) is 2. The van der Waals surface area contributed by atoms with E-state index >= 15 is 8.78 Å². The number of halogens is 4. The predicted octanol–water partition coefficient (Wildman–Crippen LogP) is 5.73. The first-order chi connectivity index (χ1) is 17.3. The average molecular weight is 549 g/mol. The fourth-order valence-electron chi connectivity index (χ4n) is 5.12. The van der Waals surface area contributed by atoms with Crippen molar-refractivity contribution in [1.29, 1.82) is 0 Å². The second-order valence-electron chi connectivity index (χ2n) is 10.5. The molecule has 4 rings (SSSR count). The maximum Gasteiger partial charge on any atom is 0.242 e. The van der Waals surface area contributed by atoms with Gasteiger partial charge in [0.05, 0.1) is 16.6 Å². The molecule has 196 valence electrons. The largest absolute Gasteiger partial charge is 0.493 e. The minimum absolute atomic E-state index is 0.0750. The zero-order valence-corrected chi connectivity index (χ0v) is 22.0. The van der Waals surface area contributed by atoms with Gasteiger partial charge in [-0.3, -0.25) is 4.79 Å². The number of benzene rings is 2. The van der Waals surface area contributed by atoms with Crippen LogP contribution in [0.2, 0.25) is 10.0 Å². The number of hydrogen-bond donors (Lipinski definition) is 4. The van der Waals surface area contributed by atoms with E-state index in [2.05, 4.69) is 15.6 Å². The van der Waals surface area contributed by atoms with Crippen molar-refractivity contribution in [3.05, 3.63) is 87.5 Å². The molecule has 0 saturated carbocycles. The molecule has 0 bridgehead atoms. The molecule has 10 heteroatoms. The summed E-state index contributed by atoms with van der Waals surface area (Å²) in [5.41, 5.74) is 5.73. The fourth-order valence-corrected chi connectivity index (χ4v) is 5.46. The molecule has 0 spiro atoms. The summed E-state index contributed by atoms with van der Waals surface area (Å²) in [5, 5.41) is 15.8. The van der Waals surface area contributed by atoms with Crippen LogP contribution >= 0.6 is 23.2 Å². The molecule has 0 aliphatic carbocycles. The number of nitrogens with two attached hydrogens (primary N) is 1. The van der Waals surface area contributed by atoms with Crippen molar-refractivity contribution in [3.63, 3.8) is 0 Å². The highest BCUT2D eigenvalue weighted by Gasteiger charge is 2.58. The van der Waals surface area contributed by atoms with Crippen molar-refractivity contribution >= 4 is 34.8 Å². The van der Waals surface area contributed by atoms with E-state index in [9.17, 15) is 9.90 Å². The summed E-state index contributed by atoms with van der Waals surface area (Å²) in [7, 11) is 0. The van der Waals surface area contributed by atoms with Gasteiger partial charge in [0.25, 0.3) is 0 Å². The molecular weight excluding hydrogens is 521 g/mol. The smallest absolute Gasteiger partial charge is 0.242 e. The number of aromatic hydroxyl groups is 1. The SMILES string of the molecule is CC(C)(C)C[C@@H]1N[C@@H](C(=O)Nc2ccnc(O)c2)[C@H](c2cccc(Cl)c2F)[C@@]1(N)c1ccc(Cl)cc1F. The average Bonchev–Trinajstić information content (AvgIpc) is 3.07. The number of carbonyl (C=O) groups excluding carboxylic acids is 1. The fraction of sp³-hybridized carbons (Fsp3) is 0.333. The third kappa shape index (κ3) is 5.43. The second kappa shape index (κ2) is 10.2. The Morgan fingerprint density at radius 1 is 1.19 bits per heavy atom. The first kappa shape index (κ1) is 27.3. The van der Waals surface area contributed by atoms with Crippen LogP contribution in [0.1, 0.15) is 44.2 Å². The summed E-state index contributed by atoms with van der Waals surface area (Å²) in [4.78, 5) is 17.4. The molecule has 2 aromatic carbocycles. The molecule has 1 saturated heterocycles. The molecule has 1 amide bonds. The first-order valence-corrected chi connectivity index (χ1v) is 12.5. The molecule has 4 atom stereocenters. The maximum absolute atomic E-state index is 15.6. The number of aromatic nitrogens is 1. The van der Waals surface area contributed by atoms with E-state index in [-0.39, 0.29) is 38.2 Å². The Labute approximate surface area is 224 Å². The minimum atomic E-state index is -1.57. The Morgan fingerprint density at radius 3 is 2.57 bits per heavy atom. The summed E-state index contributed by atoms with van der Waals surface area (Å²) < 4.78 is 31.1. The van der Waals surface area contributed by atoms with Crippen LogP contribution in [0, 0.1) is 17.0 Å². The number of pyridine rings is 1. The topological polar surface area (TPSA) is 100 Å². The van der Waals surface area contributed by atoms with Crippen molar-refractivity contribution in [2.45, 2.75) is 50.7 Å². The molecule has 1 aliphatic rings. The Hall–Kier alpha value is -2.78. The summed E-state index contributed by atoms with van der Waals surface area (Å²) in [6.07, 6.45) is 1.77. The maximum atomic E-state index is 15.6. The van der Waals surface area contributed by atoms with E-state index in [1.807, 2.05) is 20.8 Å². The van der Waals surface area contributed by atoms with Crippen LogP contribution in [0.15, 0.2) is 54.7 Å². The van der Waals surface area contributed by atoms with Crippen LogP contribution in [0.5, 0.6) is 5.88 Å². The summed E-state index contributed by atoms with van der Waals surface area (Å²) in [5.74, 6) is -3.30. The van der Waals surface area contributed by atoms with Crippen LogP contribution < -0.4 is 16.4 Å². The van der Waals surface area contributed by atoms with Crippen LogP contribution in [0.25, 0.3) is 0 Å². The van der Waals surface area contributed by atoms with Gasteiger partial charge in [-0.1, -0.05) is 62.2 Å². The number of hydrogen-bond acceptors (Lipinski definition) is 5. The van der Waals surface area contributed by atoms with Gasteiger partial charge in [-0.05, 0) is 41.7 Å². The molecule has 3 aromatic rings. The zero-order valence-electron chi connectivity index (χ0n) is 20.5. The number of anilines is 1. The van der Waals surface area contributed by atoms with Gasteiger partial charge in [-0.15, -0.1) is 0 Å². The van der Waals surface area contributed by atoms with Crippen LogP contribution in [-0.2, 0) is 10.3 Å². The lowest BCUT2D eigenvalue weighted by Crippen LogP contribution is -2.52. The number of amides is 1. The van der Waals surface area contributed by atoms with E-state index in [0.29, 0.717) is 6.42 Å². The van der Waals surface area contributed by atoms with Crippen LogP contribution in [0.4, 0.5) is 14.5 Å². The highest BCUT2D eigenvalue weighted by atomic mass is 35.5. The van der Waals surface area contributed by atoms with Crippen LogP contribution in [0.3, 0.4) is 0 Å². The van der Waals surface area contributed by atoms with Gasteiger partial charge >= 0.3 is 0 Å². The summed E-state index contributed by atoms with van der Waals surface area (Å²) in [6.45, 7) is 5.99. The van der Waals surface area contributed by atoms with Gasteiger partial charge in [0.15, 0.2) is 0 Å². The van der Waals surface area contributed by atoms with Crippen molar-refractivity contribution in [2.24, 2.45) is 11.1 Å². The minimum Gasteiger partial charge on any atom is -0.493 e. The van der Waals surface area contributed by atoms with Gasteiger partial charge in [0.2, 0.25) is 11.8 Å². The molecule has 1 aromatic heterocycles. The quantitative estimate of drug-likeness (QED) is 0.326. The van der Waals surface area contributed by atoms with Gasteiger partial charge in [-0.25, -0.2) is 13.8 Å². The Kier molecular flexibility index (Phi) is 7.50. The Morgan fingerprint density at radius 2 is 1.92 bits per heavy atom. The van der Waals surface area contributed by atoms with E-state index in [0.717, 1.165) is 6.07 Å². The van der Waals surface area contributed by atoms with Crippen molar-refractivity contribution in [3.8, 4) is 5.88 Å². The third-order valence-corrected chi connectivity index (χ3v) is 7.16. The van der Waals surface area contributed by atoms with Gasteiger partial charge in [-0.2, -0.15) is 0 Å². The molecule has 6 nitrogen and oxygen atoms in total. The molecular formula is C27H28Cl2F2N4O2. The van der Waals surface area contributed by atoms with Crippen molar-refractivity contribution < 1.29 is 18.7 Å². The first-order valence-electron chi connectivity index (χ1n) is 11.7. The lowest BCUT2D eigenvalue weighted by atomic mass is 9.68. The normalized spacial score (nSPS) is 23.7. The van der Waals surface area contributed by atoms with E-state index in [4.69, 9.17) is 28.9 Å². The molecule has 0 unspecified atom stereocenters. The molecule has 1 aliphatic heterocycles. The van der Waals surface area contributed by atoms with Gasteiger partial charge in [0.1, 0.15) is 11.6 Å². The van der Waals surface area contributed by atoms with Crippen molar-refractivity contribution in [2.75, 3.05) is 5.32 Å². The molecule has 0 radical (unpaired) electrons. The third-order valence-electron chi connectivity index (χ3n) is 6.63. The number of rotatable bonds is 5. The van der Waals surface area contributed by atoms with E-state index in [1.54, 1.807) is 6.07 Å². The highest BCUT2D eigenvalue weighted by molar-refractivity contribution is 6.31. The number of nitrogens with zero attached hydrogens (tertiary/aromatic N) is 1. The molecule has 37 heavy (non-hydrogen) atoms. The Balaban J connectivity index is 1.92. The lowest BCUT2D eigenvalue weighted by Gasteiger charge is -2.40. The highest BCUT2D eigenvalue weighted by Crippen LogP contribution is 2.50. The standard InChI is InChI=1S/C27H28Cl2F2N4O2/c1-26(2,3)13-20-27(32,17-8-7-14(28)11-19(17)30)22(16-5-4-6-18(29)23(16)31)24(35-20)25(37)34-15-9-10-33-21(36)12-15/h4-12,20,22,24,35H,13,32H2,1-3H3,(H2,33,34,36,37)/t20-,22-,24+,27+/m0/s1. The Bertz CT molecular complexity index is 1330. The van der Waals surface area contributed by atoms with E-state index in [1.165, 1.54) is 42.6 Å². The second-order valence-corrected chi connectivity index (χ2v) is 11.4. The molecule has 5 N–H and O–H groups in total. The zero-order chi connectivity index (χ0) is 27.1. The van der Waals surface area contributed by atoms with Crippen LogP contribution in [-0.4, -0.2) is 28.1 Å². The molecule has 2 heterocycles. The lowest BCUT2D eigenvalue weighted by molar-refractivity contribution is -0.118. The van der Waals surface area contributed by atoms with Gasteiger partial charge in [0, 0.05) is 40.5 Å². The predicted molar refractivity (Wildman–Crippen MR) is 141 cm³/mol. The number of carbonyl (C=O) groups is 1. The van der Waals surface area contributed by atoms with E-state index < -0.39 is 41.1 Å². The summed E-state index contributed by atoms with van der Waals surface area (Å²) in [6, 6.07) is 9.65.